The van der Waals surface area contributed by atoms with E-state index in [1.807, 2.05) is 33.8 Å². The molecule has 0 aliphatic heterocycles. The number of aromatic nitrogens is 1. The third-order valence-corrected chi connectivity index (χ3v) is 4.62. The van der Waals surface area contributed by atoms with E-state index in [4.69, 9.17) is 4.98 Å². The first kappa shape index (κ1) is 27.3. The number of pyridine rings is 1. The van der Waals surface area contributed by atoms with Gasteiger partial charge in [0.2, 0.25) is 0 Å². The summed E-state index contributed by atoms with van der Waals surface area (Å²) in [7, 11) is 0. The quantitative estimate of drug-likeness (QED) is 0.462. The number of nitrogens with zero attached hydrogens (tertiary/aromatic N) is 1. The Kier molecular flexibility index (Phi) is 10.9. The Labute approximate surface area is 205 Å². The van der Waals surface area contributed by atoms with Crippen LogP contribution in [0.2, 0.25) is 0 Å². The largest absolute Gasteiger partial charge is 1.00 e. The molecular formula is C24H27FNNaO4. The monoisotopic (exact) mass is 435 g/mol. The predicted molar refractivity (Wildman–Crippen MR) is 111 cm³/mol. The molecule has 160 valence electrons. The molecule has 0 aliphatic carbocycles. The second-order valence-corrected chi connectivity index (χ2v) is 7.92. The Bertz CT molecular complexity index is 949. The van der Waals surface area contributed by atoms with E-state index in [1.54, 1.807) is 12.1 Å². The number of aliphatic carboxylic acids is 1. The smallest absolute Gasteiger partial charge is 0.550 e. The zero-order valence-electron chi connectivity index (χ0n) is 18.6. The zero-order chi connectivity index (χ0) is 22.4. The second-order valence-electron chi connectivity index (χ2n) is 7.92. The normalized spacial score (nSPS) is 12.7. The molecule has 2 atom stereocenters. The number of rotatable bonds is 7. The maximum Gasteiger partial charge on any atom is 1.00 e. The number of benzene rings is 1. The van der Waals surface area contributed by atoms with E-state index in [2.05, 4.69) is 11.8 Å². The average Bonchev–Trinajstić information content (AvgIpc) is 2.65. The van der Waals surface area contributed by atoms with Gasteiger partial charge in [-0.3, -0.25) is 4.98 Å². The van der Waals surface area contributed by atoms with Crippen molar-refractivity contribution >= 4 is 5.97 Å². The molecule has 0 bridgehead atoms. The summed E-state index contributed by atoms with van der Waals surface area (Å²) in [5.74, 6) is 4.15. The molecule has 0 aliphatic rings. The van der Waals surface area contributed by atoms with E-state index >= 15 is 0 Å². The first-order valence-corrected chi connectivity index (χ1v) is 9.96. The van der Waals surface area contributed by atoms with Crippen molar-refractivity contribution in [1.82, 2.24) is 4.98 Å². The third-order valence-electron chi connectivity index (χ3n) is 4.62. The fraction of sp³-hybridized carbons (Fsp3) is 0.417. The van der Waals surface area contributed by atoms with E-state index in [9.17, 15) is 24.5 Å². The van der Waals surface area contributed by atoms with Crippen molar-refractivity contribution in [3.8, 4) is 23.0 Å². The van der Waals surface area contributed by atoms with E-state index in [1.165, 1.54) is 12.1 Å². The fourth-order valence-corrected chi connectivity index (χ4v) is 3.04. The minimum absolute atomic E-state index is 0. The molecule has 2 rings (SSSR count). The minimum Gasteiger partial charge on any atom is -0.550 e. The Morgan fingerprint density at radius 1 is 1.13 bits per heavy atom. The maximum atomic E-state index is 13.4. The predicted octanol–water partition coefficient (Wildman–Crippen LogP) is -0.258. The number of carboxylic acid groups (broad SMARTS) is 1. The van der Waals surface area contributed by atoms with E-state index in [0.29, 0.717) is 5.56 Å². The summed E-state index contributed by atoms with van der Waals surface area (Å²) in [6, 6.07) is 8.02. The summed E-state index contributed by atoms with van der Waals surface area (Å²) in [4.78, 5) is 15.3. The number of aliphatic hydroxyl groups excluding tert-OH is 2. The zero-order valence-corrected chi connectivity index (χ0v) is 20.6. The van der Waals surface area contributed by atoms with Gasteiger partial charge in [-0.1, -0.05) is 51.7 Å². The Morgan fingerprint density at radius 2 is 1.74 bits per heavy atom. The van der Waals surface area contributed by atoms with E-state index in [-0.39, 0.29) is 53.6 Å². The van der Waals surface area contributed by atoms with Crippen LogP contribution in [0.1, 0.15) is 69.3 Å². The molecule has 1 aromatic heterocycles. The summed E-state index contributed by atoms with van der Waals surface area (Å²) in [5, 5.41) is 30.4. The topological polar surface area (TPSA) is 93.5 Å². The molecule has 1 heterocycles. The number of hydrogen-bond acceptors (Lipinski definition) is 5. The summed E-state index contributed by atoms with van der Waals surface area (Å²) in [6.07, 6.45) is -3.24. The Morgan fingerprint density at radius 3 is 2.26 bits per heavy atom. The molecule has 2 N–H and O–H groups in total. The van der Waals surface area contributed by atoms with Crippen LogP contribution < -0.4 is 34.7 Å². The number of carbonyl (C=O) groups is 1. The second kappa shape index (κ2) is 12.3. The summed E-state index contributed by atoms with van der Waals surface area (Å²) in [6.45, 7) is 8.06. The number of aliphatic hydroxyl groups is 2. The van der Waals surface area contributed by atoms with Gasteiger partial charge in [-0.2, -0.15) is 0 Å². The van der Waals surface area contributed by atoms with Gasteiger partial charge in [0.15, 0.2) is 0 Å². The Hall–Kier alpha value is -1.75. The number of hydrogen-bond donors (Lipinski definition) is 2. The third kappa shape index (κ3) is 8.03. The van der Waals surface area contributed by atoms with Crippen LogP contribution in [0.4, 0.5) is 4.39 Å². The molecular weight excluding hydrogens is 408 g/mol. The number of carboxylic acids is 1. The SMILES string of the molecule is CC(C)c1cc(-c2ccc(F)cc2)c(C#C[C@@H](O)C[C@@H](O)CC(=O)[O-])c(C(C)C)n1.[Na+]. The summed E-state index contributed by atoms with van der Waals surface area (Å²) < 4.78 is 13.4. The van der Waals surface area contributed by atoms with Gasteiger partial charge in [-0.15, -0.1) is 0 Å². The molecule has 0 radical (unpaired) electrons. The van der Waals surface area contributed by atoms with Crippen LogP contribution in [0, 0.1) is 17.7 Å². The van der Waals surface area contributed by atoms with Crippen molar-refractivity contribution in [1.29, 1.82) is 0 Å². The van der Waals surface area contributed by atoms with Crippen LogP contribution in [0.25, 0.3) is 11.1 Å². The fourth-order valence-electron chi connectivity index (χ4n) is 3.04. The molecule has 0 amide bonds. The van der Waals surface area contributed by atoms with Crippen LogP contribution in [0.3, 0.4) is 0 Å². The van der Waals surface area contributed by atoms with E-state index in [0.717, 1.165) is 22.5 Å². The van der Waals surface area contributed by atoms with Crippen molar-refractivity contribution in [3.05, 3.63) is 53.1 Å². The summed E-state index contributed by atoms with van der Waals surface area (Å²) >= 11 is 0. The van der Waals surface area contributed by atoms with Gasteiger partial charge < -0.3 is 20.1 Å². The van der Waals surface area contributed by atoms with Crippen molar-refractivity contribution in [2.24, 2.45) is 0 Å². The molecule has 7 heteroatoms. The Balaban J connectivity index is 0.00000480. The average molecular weight is 435 g/mol. The molecule has 31 heavy (non-hydrogen) atoms. The first-order chi connectivity index (χ1) is 14.1. The van der Waals surface area contributed by atoms with Gasteiger partial charge in [0, 0.05) is 30.1 Å². The first-order valence-electron chi connectivity index (χ1n) is 9.96. The minimum atomic E-state index is -1.39. The van der Waals surface area contributed by atoms with Crippen molar-refractivity contribution < 1.29 is 54.1 Å². The molecule has 0 unspecified atom stereocenters. The molecule has 0 saturated carbocycles. The van der Waals surface area contributed by atoms with Crippen LogP contribution in [-0.4, -0.2) is 33.4 Å². The summed E-state index contributed by atoms with van der Waals surface area (Å²) in [5.41, 5.74) is 3.82. The van der Waals surface area contributed by atoms with Crippen molar-refractivity contribution in [3.63, 3.8) is 0 Å². The van der Waals surface area contributed by atoms with Crippen LogP contribution in [-0.2, 0) is 4.79 Å². The van der Waals surface area contributed by atoms with Crippen LogP contribution in [0.5, 0.6) is 0 Å². The van der Waals surface area contributed by atoms with Gasteiger partial charge in [0.1, 0.15) is 11.9 Å². The van der Waals surface area contributed by atoms with Gasteiger partial charge in [-0.25, -0.2) is 4.39 Å². The van der Waals surface area contributed by atoms with E-state index < -0.39 is 24.6 Å². The van der Waals surface area contributed by atoms with Gasteiger partial charge in [-0.05, 0) is 35.6 Å². The number of halogens is 1. The molecule has 5 nitrogen and oxygen atoms in total. The standard InChI is InChI=1S/C24H28FNO4.Na/c1-14(2)22-13-21(16-5-7-17(25)8-6-16)20(24(26-22)15(3)4)10-9-18(27)11-19(28)12-23(29)30;/h5-8,13-15,18-19,27-28H,11-12H2,1-4H3,(H,29,30);/q;+1/p-1/t18-,19-;/m1./s1. The molecule has 0 fully saturated rings. The van der Waals surface area contributed by atoms with Crippen molar-refractivity contribution in [2.75, 3.05) is 0 Å². The number of carbonyl (C=O) groups excluding carboxylic acids is 1. The van der Waals surface area contributed by atoms with Gasteiger partial charge >= 0.3 is 29.6 Å². The van der Waals surface area contributed by atoms with Crippen LogP contribution in [0.15, 0.2) is 30.3 Å². The van der Waals surface area contributed by atoms with Crippen molar-refractivity contribution in [2.45, 2.75) is 64.6 Å². The molecule has 0 saturated heterocycles. The molecule has 0 spiro atoms. The van der Waals surface area contributed by atoms with Gasteiger partial charge in [0.25, 0.3) is 0 Å². The molecule has 2 aromatic rings. The molecule has 1 aromatic carbocycles. The van der Waals surface area contributed by atoms with Crippen LogP contribution >= 0.6 is 0 Å². The van der Waals surface area contributed by atoms with Gasteiger partial charge in [0.05, 0.1) is 17.4 Å². The maximum absolute atomic E-state index is 13.4.